The summed E-state index contributed by atoms with van der Waals surface area (Å²) in [6.45, 7) is 2.69. The van der Waals surface area contributed by atoms with Gasteiger partial charge in [0.15, 0.2) is 0 Å². The average Bonchev–Trinajstić information content (AvgIpc) is 2.82. The van der Waals surface area contributed by atoms with Crippen LogP contribution in [0.3, 0.4) is 0 Å². The molecule has 156 valence electrons. The Morgan fingerprint density at radius 1 is 0.867 bits per heavy atom. The van der Waals surface area contributed by atoms with E-state index in [1.807, 2.05) is 54.6 Å². The summed E-state index contributed by atoms with van der Waals surface area (Å²) in [7, 11) is 3.27. The van der Waals surface area contributed by atoms with Crippen molar-refractivity contribution in [3.8, 4) is 11.5 Å². The van der Waals surface area contributed by atoms with Gasteiger partial charge in [0.2, 0.25) is 5.91 Å². The third-order valence-electron chi connectivity index (χ3n) is 5.57. The van der Waals surface area contributed by atoms with Crippen LogP contribution in [-0.2, 0) is 16.6 Å². The van der Waals surface area contributed by atoms with Crippen LogP contribution in [0, 0.1) is 0 Å². The monoisotopic (exact) mass is 403 g/mol. The largest absolute Gasteiger partial charge is 0.497 e. The van der Waals surface area contributed by atoms with Crippen LogP contribution in [0.15, 0.2) is 78.9 Å². The van der Waals surface area contributed by atoms with Crippen molar-refractivity contribution < 1.29 is 14.3 Å². The van der Waals surface area contributed by atoms with Crippen molar-refractivity contribution in [1.82, 2.24) is 5.32 Å². The van der Waals surface area contributed by atoms with Gasteiger partial charge in [-0.2, -0.15) is 0 Å². The van der Waals surface area contributed by atoms with Gasteiger partial charge in [0, 0.05) is 18.4 Å². The molecule has 0 fully saturated rings. The molecule has 0 spiro atoms. The first-order valence-corrected chi connectivity index (χ1v) is 10.2. The van der Waals surface area contributed by atoms with Crippen molar-refractivity contribution >= 4 is 5.91 Å². The molecule has 0 bridgehead atoms. The molecule has 0 aromatic heterocycles. The molecular weight excluding hydrogens is 374 g/mol. The first kappa shape index (κ1) is 21.4. The topological polar surface area (TPSA) is 47.6 Å². The number of carbonyl (C=O) groups is 1. The molecule has 3 aromatic carbocycles. The highest BCUT2D eigenvalue weighted by Gasteiger charge is 2.29. The van der Waals surface area contributed by atoms with Gasteiger partial charge < -0.3 is 14.8 Å². The smallest absolute Gasteiger partial charge is 0.220 e. The van der Waals surface area contributed by atoms with Crippen LogP contribution in [0.25, 0.3) is 0 Å². The Morgan fingerprint density at radius 2 is 1.47 bits per heavy atom. The van der Waals surface area contributed by atoms with Gasteiger partial charge in [0.05, 0.1) is 14.2 Å². The molecule has 0 radical (unpaired) electrons. The standard InChI is InChI=1S/C26H29NO3/c1-26(21-10-6-4-7-11-21,22-12-8-5-9-13-22)19-27-25(28)17-14-20-18-23(29-2)15-16-24(20)30-3/h4-13,15-16,18H,14,17,19H2,1-3H3,(H,27,28). The molecule has 0 saturated heterocycles. The Hall–Kier alpha value is -3.27. The van der Waals surface area contributed by atoms with Gasteiger partial charge in [0.1, 0.15) is 11.5 Å². The molecule has 4 nitrogen and oxygen atoms in total. The highest BCUT2D eigenvalue weighted by molar-refractivity contribution is 5.76. The number of ether oxygens (including phenoxy) is 2. The van der Waals surface area contributed by atoms with Crippen molar-refractivity contribution in [3.63, 3.8) is 0 Å². The van der Waals surface area contributed by atoms with E-state index in [-0.39, 0.29) is 11.3 Å². The van der Waals surface area contributed by atoms with Gasteiger partial charge in [-0.1, -0.05) is 60.7 Å². The Balaban J connectivity index is 1.70. The van der Waals surface area contributed by atoms with E-state index in [0.717, 1.165) is 17.1 Å². The Bertz CT molecular complexity index is 915. The zero-order valence-corrected chi connectivity index (χ0v) is 17.9. The van der Waals surface area contributed by atoms with Crippen molar-refractivity contribution in [2.24, 2.45) is 0 Å². The van der Waals surface area contributed by atoms with Crippen LogP contribution in [0.4, 0.5) is 0 Å². The Labute approximate surface area is 178 Å². The Kier molecular flexibility index (Phi) is 7.12. The van der Waals surface area contributed by atoms with Gasteiger partial charge in [0.25, 0.3) is 0 Å². The van der Waals surface area contributed by atoms with Crippen molar-refractivity contribution in [2.75, 3.05) is 20.8 Å². The van der Waals surface area contributed by atoms with Crippen LogP contribution >= 0.6 is 0 Å². The maximum Gasteiger partial charge on any atom is 0.220 e. The highest BCUT2D eigenvalue weighted by Crippen LogP contribution is 2.31. The number of aryl methyl sites for hydroxylation is 1. The lowest BCUT2D eigenvalue weighted by atomic mass is 9.76. The fourth-order valence-electron chi connectivity index (χ4n) is 3.67. The van der Waals surface area contributed by atoms with E-state index in [4.69, 9.17) is 9.47 Å². The minimum atomic E-state index is -0.314. The molecule has 0 unspecified atom stereocenters. The first-order valence-electron chi connectivity index (χ1n) is 10.2. The first-order chi connectivity index (χ1) is 14.6. The number of benzene rings is 3. The molecule has 0 saturated carbocycles. The Morgan fingerprint density at radius 3 is 2.00 bits per heavy atom. The third kappa shape index (κ3) is 5.01. The minimum absolute atomic E-state index is 0.0120. The number of nitrogens with one attached hydrogen (secondary N) is 1. The third-order valence-corrected chi connectivity index (χ3v) is 5.57. The normalized spacial score (nSPS) is 11.0. The lowest BCUT2D eigenvalue weighted by molar-refractivity contribution is -0.121. The van der Waals surface area contributed by atoms with E-state index in [1.54, 1.807) is 14.2 Å². The maximum absolute atomic E-state index is 12.7. The fraction of sp³-hybridized carbons (Fsp3) is 0.269. The van der Waals surface area contributed by atoms with Crippen molar-refractivity contribution in [3.05, 3.63) is 95.6 Å². The zero-order chi connectivity index (χ0) is 21.4. The molecule has 0 aliphatic rings. The summed E-state index contributed by atoms with van der Waals surface area (Å²) in [5, 5.41) is 3.15. The van der Waals surface area contributed by atoms with Crippen LogP contribution in [0.5, 0.6) is 11.5 Å². The van der Waals surface area contributed by atoms with E-state index >= 15 is 0 Å². The fourth-order valence-corrected chi connectivity index (χ4v) is 3.67. The van der Waals surface area contributed by atoms with Gasteiger partial charge in [-0.3, -0.25) is 4.79 Å². The summed E-state index contributed by atoms with van der Waals surface area (Å²) < 4.78 is 10.7. The maximum atomic E-state index is 12.7. The van der Waals surface area contributed by atoms with Crippen LogP contribution < -0.4 is 14.8 Å². The zero-order valence-electron chi connectivity index (χ0n) is 17.9. The molecule has 4 heteroatoms. The van der Waals surface area contributed by atoms with Gasteiger partial charge in [-0.05, 0) is 48.2 Å². The molecule has 1 N–H and O–H groups in total. The molecule has 0 atom stereocenters. The summed E-state index contributed by atoms with van der Waals surface area (Å²) in [5.41, 5.74) is 2.99. The van der Waals surface area contributed by atoms with Gasteiger partial charge >= 0.3 is 0 Å². The summed E-state index contributed by atoms with van der Waals surface area (Å²) in [4.78, 5) is 12.7. The molecule has 0 heterocycles. The minimum Gasteiger partial charge on any atom is -0.497 e. The van der Waals surface area contributed by atoms with Crippen molar-refractivity contribution in [2.45, 2.75) is 25.2 Å². The molecule has 3 aromatic rings. The number of methoxy groups -OCH3 is 2. The van der Waals surface area contributed by atoms with E-state index in [1.165, 1.54) is 11.1 Å². The quantitative estimate of drug-likeness (QED) is 0.560. The molecule has 0 aliphatic heterocycles. The summed E-state index contributed by atoms with van der Waals surface area (Å²) in [6.07, 6.45) is 0.961. The SMILES string of the molecule is COc1ccc(OC)c(CCC(=O)NCC(C)(c2ccccc2)c2ccccc2)c1. The van der Waals surface area contributed by atoms with Crippen molar-refractivity contribution in [1.29, 1.82) is 0 Å². The van der Waals surface area contributed by atoms with Crippen LogP contribution in [0.2, 0.25) is 0 Å². The lowest BCUT2D eigenvalue weighted by Gasteiger charge is -2.31. The molecule has 0 aliphatic carbocycles. The molecule has 1 amide bonds. The van der Waals surface area contributed by atoms with Crippen LogP contribution in [0.1, 0.15) is 30.0 Å². The molecule has 3 rings (SSSR count). The molecule has 30 heavy (non-hydrogen) atoms. The summed E-state index contributed by atoms with van der Waals surface area (Å²) >= 11 is 0. The number of amides is 1. The molecular formula is C26H29NO3. The number of rotatable bonds is 9. The second kappa shape index (κ2) is 9.97. The highest BCUT2D eigenvalue weighted by atomic mass is 16.5. The van der Waals surface area contributed by atoms with Gasteiger partial charge in [-0.15, -0.1) is 0 Å². The predicted molar refractivity (Wildman–Crippen MR) is 120 cm³/mol. The average molecular weight is 404 g/mol. The predicted octanol–water partition coefficient (Wildman–Crippen LogP) is 4.76. The number of hydrogen-bond donors (Lipinski definition) is 1. The van der Waals surface area contributed by atoms with Crippen LogP contribution in [-0.4, -0.2) is 26.7 Å². The van der Waals surface area contributed by atoms with E-state index < -0.39 is 0 Å². The number of hydrogen-bond acceptors (Lipinski definition) is 3. The van der Waals surface area contributed by atoms with Gasteiger partial charge in [-0.25, -0.2) is 0 Å². The van der Waals surface area contributed by atoms with E-state index in [2.05, 4.69) is 36.5 Å². The summed E-state index contributed by atoms with van der Waals surface area (Å²) in [5.74, 6) is 1.53. The second-order valence-electron chi connectivity index (χ2n) is 7.52. The lowest BCUT2D eigenvalue weighted by Crippen LogP contribution is -2.39. The van der Waals surface area contributed by atoms with E-state index in [0.29, 0.717) is 19.4 Å². The van der Waals surface area contributed by atoms with E-state index in [9.17, 15) is 4.79 Å². The second-order valence-corrected chi connectivity index (χ2v) is 7.52. The summed E-state index contributed by atoms with van der Waals surface area (Å²) in [6, 6.07) is 26.2. The number of carbonyl (C=O) groups excluding carboxylic acids is 1.